The maximum atomic E-state index is 11.5. The Morgan fingerprint density at radius 2 is 1.57 bits per heavy atom. The molecule has 0 saturated heterocycles. The van der Waals surface area contributed by atoms with E-state index in [-0.39, 0.29) is 5.97 Å². The summed E-state index contributed by atoms with van der Waals surface area (Å²) in [6.07, 6.45) is 1.44. The topological polar surface area (TPSA) is 52.3 Å². The second-order valence-corrected chi connectivity index (χ2v) is 5.00. The van der Waals surface area contributed by atoms with Crippen LogP contribution in [-0.4, -0.2) is 19.1 Å². The van der Waals surface area contributed by atoms with Gasteiger partial charge in [0.25, 0.3) is 0 Å². The standard InChI is InChI=1S/C18H21NO2/c1-3-13-8-4-6-10-15(13)16-11-7-5-9-14(16)12-17(19)18(20)21-2/h4-11,17H,3,12,19H2,1-2H3/t17-/m1/s1. The molecule has 0 aliphatic heterocycles. The van der Waals surface area contributed by atoms with Gasteiger partial charge in [0.2, 0.25) is 0 Å². The fourth-order valence-electron chi connectivity index (χ4n) is 2.52. The van der Waals surface area contributed by atoms with Crippen molar-refractivity contribution < 1.29 is 9.53 Å². The van der Waals surface area contributed by atoms with Crippen LogP contribution in [-0.2, 0) is 22.4 Å². The third kappa shape index (κ3) is 3.50. The van der Waals surface area contributed by atoms with Crippen molar-refractivity contribution in [2.24, 2.45) is 5.73 Å². The Hall–Kier alpha value is -2.13. The number of esters is 1. The van der Waals surface area contributed by atoms with Crippen LogP contribution in [0.15, 0.2) is 48.5 Å². The highest BCUT2D eigenvalue weighted by atomic mass is 16.5. The van der Waals surface area contributed by atoms with Gasteiger partial charge in [0, 0.05) is 0 Å². The van der Waals surface area contributed by atoms with E-state index in [2.05, 4.69) is 25.1 Å². The zero-order valence-corrected chi connectivity index (χ0v) is 12.5. The number of ether oxygens (including phenoxy) is 1. The van der Waals surface area contributed by atoms with Crippen molar-refractivity contribution in [1.29, 1.82) is 0 Å². The molecule has 2 rings (SSSR count). The predicted octanol–water partition coefficient (Wildman–Crippen LogP) is 2.96. The molecule has 0 bridgehead atoms. The molecule has 2 N–H and O–H groups in total. The van der Waals surface area contributed by atoms with Gasteiger partial charge in [0.05, 0.1) is 7.11 Å². The van der Waals surface area contributed by atoms with Gasteiger partial charge in [-0.1, -0.05) is 55.5 Å². The van der Waals surface area contributed by atoms with E-state index in [4.69, 9.17) is 10.5 Å². The number of rotatable bonds is 5. The fourth-order valence-corrected chi connectivity index (χ4v) is 2.52. The Balaban J connectivity index is 2.39. The van der Waals surface area contributed by atoms with Crippen molar-refractivity contribution >= 4 is 5.97 Å². The average molecular weight is 283 g/mol. The molecule has 0 aliphatic carbocycles. The van der Waals surface area contributed by atoms with Gasteiger partial charge in [-0.25, -0.2) is 0 Å². The molecule has 0 unspecified atom stereocenters. The summed E-state index contributed by atoms with van der Waals surface area (Å²) in [6.45, 7) is 2.14. The molecule has 3 heteroatoms. The van der Waals surface area contributed by atoms with Gasteiger partial charge >= 0.3 is 5.97 Å². The number of aryl methyl sites for hydroxylation is 1. The first-order valence-corrected chi connectivity index (χ1v) is 7.17. The lowest BCUT2D eigenvalue weighted by Crippen LogP contribution is -2.33. The third-order valence-electron chi connectivity index (χ3n) is 3.65. The summed E-state index contributed by atoms with van der Waals surface area (Å²) in [5.74, 6) is -0.381. The molecule has 0 saturated carbocycles. The van der Waals surface area contributed by atoms with E-state index in [1.54, 1.807) is 0 Å². The number of carbonyl (C=O) groups excluding carboxylic acids is 1. The summed E-state index contributed by atoms with van der Waals surface area (Å²) >= 11 is 0. The third-order valence-corrected chi connectivity index (χ3v) is 3.65. The van der Waals surface area contributed by atoms with E-state index < -0.39 is 6.04 Å². The van der Waals surface area contributed by atoms with E-state index >= 15 is 0 Å². The summed E-state index contributed by atoms with van der Waals surface area (Å²) in [6, 6.07) is 15.8. The van der Waals surface area contributed by atoms with Gasteiger partial charge in [-0.15, -0.1) is 0 Å². The highest BCUT2D eigenvalue weighted by Crippen LogP contribution is 2.28. The van der Waals surface area contributed by atoms with Crippen LogP contribution in [0.4, 0.5) is 0 Å². The van der Waals surface area contributed by atoms with Crippen LogP contribution in [0, 0.1) is 0 Å². The second-order valence-electron chi connectivity index (χ2n) is 5.00. The Morgan fingerprint density at radius 3 is 2.14 bits per heavy atom. The maximum absolute atomic E-state index is 11.5. The van der Waals surface area contributed by atoms with Crippen LogP contribution in [0.25, 0.3) is 11.1 Å². The highest BCUT2D eigenvalue weighted by molar-refractivity contribution is 5.77. The molecule has 0 radical (unpaired) electrons. The van der Waals surface area contributed by atoms with Gasteiger partial charge in [-0.3, -0.25) is 4.79 Å². The maximum Gasteiger partial charge on any atom is 0.322 e. The number of hydrogen-bond acceptors (Lipinski definition) is 3. The second kappa shape index (κ2) is 7.04. The van der Waals surface area contributed by atoms with Gasteiger partial charge in [-0.05, 0) is 35.1 Å². The first kappa shape index (κ1) is 15.3. The first-order chi connectivity index (χ1) is 10.2. The molecule has 110 valence electrons. The molecular formula is C18H21NO2. The molecule has 0 aromatic heterocycles. The Kier molecular flexibility index (Phi) is 5.12. The zero-order chi connectivity index (χ0) is 15.2. The summed E-state index contributed by atoms with van der Waals surface area (Å²) in [7, 11) is 1.36. The van der Waals surface area contributed by atoms with Crippen molar-refractivity contribution in [2.75, 3.05) is 7.11 Å². The smallest absolute Gasteiger partial charge is 0.322 e. The minimum atomic E-state index is -0.634. The number of nitrogens with two attached hydrogens (primary N) is 1. The van der Waals surface area contributed by atoms with Gasteiger partial charge in [0.1, 0.15) is 6.04 Å². The van der Waals surface area contributed by atoms with Crippen molar-refractivity contribution in [2.45, 2.75) is 25.8 Å². The summed E-state index contributed by atoms with van der Waals surface area (Å²) in [4.78, 5) is 11.5. The molecule has 0 aliphatic rings. The minimum Gasteiger partial charge on any atom is -0.468 e. The lowest BCUT2D eigenvalue weighted by atomic mass is 9.91. The zero-order valence-electron chi connectivity index (χ0n) is 12.5. The van der Waals surface area contributed by atoms with E-state index in [1.807, 2.05) is 30.3 Å². The molecule has 3 nitrogen and oxygen atoms in total. The van der Waals surface area contributed by atoms with Crippen molar-refractivity contribution in [3.8, 4) is 11.1 Å². The van der Waals surface area contributed by atoms with Gasteiger partial charge in [-0.2, -0.15) is 0 Å². The summed E-state index contributed by atoms with van der Waals surface area (Å²) in [5, 5.41) is 0. The number of carbonyl (C=O) groups is 1. The predicted molar refractivity (Wildman–Crippen MR) is 85.0 cm³/mol. The van der Waals surface area contributed by atoms with Crippen LogP contribution in [0.5, 0.6) is 0 Å². The molecule has 1 atom stereocenters. The SMILES string of the molecule is CCc1ccccc1-c1ccccc1C[C@@H](N)C(=O)OC. The van der Waals surface area contributed by atoms with Crippen LogP contribution in [0.2, 0.25) is 0 Å². The van der Waals surface area contributed by atoms with E-state index in [0.717, 1.165) is 17.5 Å². The van der Waals surface area contributed by atoms with E-state index in [9.17, 15) is 4.79 Å². The molecule has 2 aromatic carbocycles. The summed E-state index contributed by atoms with van der Waals surface area (Å²) in [5.41, 5.74) is 10.6. The molecule has 2 aromatic rings. The lowest BCUT2D eigenvalue weighted by molar-refractivity contribution is -0.142. The average Bonchev–Trinajstić information content (AvgIpc) is 2.54. The van der Waals surface area contributed by atoms with Gasteiger partial charge < -0.3 is 10.5 Å². The number of methoxy groups -OCH3 is 1. The van der Waals surface area contributed by atoms with Crippen LogP contribution in [0.1, 0.15) is 18.1 Å². The van der Waals surface area contributed by atoms with Crippen molar-refractivity contribution in [3.63, 3.8) is 0 Å². The van der Waals surface area contributed by atoms with E-state index in [0.29, 0.717) is 6.42 Å². The number of hydrogen-bond donors (Lipinski definition) is 1. The molecule has 21 heavy (non-hydrogen) atoms. The first-order valence-electron chi connectivity index (χ1n) is 7.17. The Labute approximate surface area is 125 Å². The lowest BCUT2D eigenvalue weighted by Gasteiger charge is -2.15. The van der Waals surface area contributed by atoms with E-state index in [1.165, 1.54) is 18.2 Å². The molecular weight excluding hydrogens is 262 g/mol. The largest absolute Gasteiger partial charge is 0.468 e. The van der Waals surface area contributed by atoms with Crippen molar-refractivity contribution in [1.82, 2.24) is 0 Å². The van der Waals surface area contributed by atoms with Gasteiger partial charge in [0.15, 0.2) is 0 Å². The van der Waals surface area contributed by atoms with Crippen LogP contribution >= 0.6 is 0 Å². The summed E-state index contributed by atoms with van der Waals surface area (Å²) < 4.78 is 4.71. The molecule has 0 fully saturated rings. The fraction of sp³-hybridized carbons (Fsp3) is 0.278. The number of benzene rings is 2. The Bertz CT molecular complexity index is 622. The minimum absolute atomic E-state index is 0.381. The molecule has 0 amide bonds. The normalized spacial score (nSPS) is 12.0. The van der Waals surface area contributed by atoms with Crippen LogP contribution in [0.3, 0.4) is 0 Å². The van der Waals surface area contributed by atoms with Crippen LogP contribution < -0.4 is 5.73 Å². The molecule has 0 heterocycles. The quantitative estimate of drug-likeness (QED) is 0.858. The highest BCUT2D eigenvalue weighted by Gasteiger charge is 2.17. The monoisotopic (exact) mass is 283 g/mol. The molecule has 0 spiro atoms. The Morgan fingerprint density at radius 1 is 1.05 bits per heavy atom. The van der Waals surface area contributed by atoms with Crippen molar-refractivity contribution in [3.05, 3.63) is 59.7 Å².